The van der Waals surface area contributed by atoms with Gasteiger partial charge in [0.2, 0.25) is 5.91 Å². The molecule has 11 heteroatoms. The SMILES string of the molecule is CN1CCN(C(=O)c2cc(-c3ccc(C[C@@H](C#N)NC(=O)[C@@H]4[C@H]5CC[C@H](C5)N4C(=O)OC(C)(C)C)c(F)c3)cs2)CC1. The van der Waals surface area contributed by atoms with Crippen LogP contribution < -0.4 is 5.32 Å². The maximum absolute atomic E-state index is 15.2. The summed E-state index contributed by atoms with van der Waals surface area (Å²) in [4.78, 5) is 45.4. The van der Waals surface area contributed by atoms with Crippen molar-refractivity contribution in [2.75, 3.05) is 33.2 Å². The van der Waals surface area contributed by atoms with Crippen molar-refractivity contribution < 1.29 is 23.5 Å². The molecular formula is C31H38FN5O4S. The number of hydrogen-bond donors (Lipinski definition) is 1. The van der Waals surface area contributed by atoms with Crippen LogP contribution >= 0.6 is 11.3 Å². The van der Waals surface area contributed by atoms with Crippen LogP contribution in [0.1, 0.15) is 55.3 Å². The van der Waals surface area contributed by atoms with E-state index in [9.17, 15) is 19.6 Å². The molecule has 3 heterocycles. The fraction of sp³-hybridized carbons (Fsp3) is 0.548. The summed E-state index contributed by atoms with van der Waals surface area (Å²) in [6.45, 7) is 8.39. The summed E-state index contributed by atoms with van der Waals surface area (Å²) in [5.41, 5.74) is 0.999. The molecular weight excluding hydrogens is 557 g/mol. The Balaban J connectivity index is 1.23. The van der Waals surface area contributed by atoms with E-state index in [-0.39, 0.29) is 24.3 Å². The van der Waals surface area contributed by atoms with Gasteiger partial charge in [-0.2, -0.15) is 5.26 Å². The van der Waals surface area contributed by atoms with Crippen LogP contribution in [0.2, 0.25) is 0 Å². The third-order valence-electron chi connectivity index (χ3n) is 8.34. The van der Waals surface area contributed by atoms with Gasteiger partial charge in [-0.05, 0) is 87.2 Å². The number of amides is 3. The molecule has 3 amide bonds. The molecule has 224 valence electrons. The van der Waals surface area contributed by atoms with Gasteiger partial charge in [-0.15, -0.1) is 11.3 Å². The first-order valence-electron chi connectivity index (χ1n) is 14.5. The van der Waals surface area contributed by atoms with Crippen molar-refractivity contribution >= 4 is 29.2 Å². The average Bonchev–Trinajstić information content (AvgIpc) is 3.69. The first-order chi connectivity index (χ1) is 19.9. The van der Waals surface area contributed by atoms with E-state index >= 15 is 4.39 Å². The molecule has 3 fully saturated rings. The molecule has 2 aromatic rings. The van der Waals surface area contributed by atoms with Gasteiger partial charge in [0.1, 0.15) is 23.5 Å². The predicted octanol–water partition coefficient (Wildman–Crippen LogP) is 4.28. The van der Waals surface area contributed by atoms with Gasteiger partial charge in [0.05, 0.1) is 10.9 Å². The zero-order chi connectivity index (χ0) is 30.2. The normalized spacial score (nSPS) is 23.0. The van der Waals surface area contributed by atoms with Crippen LogP contribution in [-0.4, -0.2) is 89.6 Å². The molecule has 0 radical (unpaired) electrons. The number of rotatable bonds is 6. The highest BCUT2D eigenvalue weighted by molar-refractivity contribution is 7.12. The molecule has 1 aromatic heterocycles. The lowest BCUT2D eigenvalue weighted by molar-refractivity contribution is -0.128. The molecule has 2 bridgehead atoms. The molecule has 3 aliphatic rings. The van der Waals surface area contributed by atoms with Gasteiger partial charge in [-0.1, -0.05) is 12.1 Å². The van der Waals surface area contributed by atoms with Gasteiger partial charge >= 0.3 is 6.09 Å². The molecule has 0 unspecified atom stereocenters. The second-order valence-corrected chi connectivity index (χ2v) is 13.5. The Labute approximate surface area is 250 Å². The molecule has 4 atom stereocenters. The number of nitrogens with zero attached hydrogens (tertiary/aromatic N) is 4. The Morgan fingerprint density at radius 1 is 1.14 bits per heavy atom. The Kier molecular flexibility index (Phi) is 8.58. The summed E-state index contributed by atoms with van der Waals surface area (Å²) in [5.74, 6) is -0.899. The topological polar surface area (TPSA) is 106 Å². The van der Waals surface area contributed by atoms with Crippen molar-refractivity contribution in [2.24, 2.45) is 5.92 Å². The van der Waals surface area contributed by atoms with Crippen LogP contribution in [0.5, 0.6) is 0 Å². The molecule has 2 saturated heterocycles. The standard InChI is InChI=1S/C31H38FN5O4S/c1-31(2,3)41-30(40)37-24-8-7-21(14-24)27(37)28(38)34-23(17-33)13-20-6-5-19(15-25(20)32)22-16-26(42-18-22)29(39)36-11-9-35(4)10-12-36/h5-6,15-16,18,21,23-24,27H,7-14H2,1-4H3,(H,34,38)/t21-,23-,24+,27-/m0/s1. The fourth-order valence-corrected chi connectivity index (χ4v) is 7.05. The molecule has 1 saturated carbocycles. The van der Waals surface area contributed by atoms with Gasteiger partial charge < -0.3 is 19.9 Å². The number of ether oxygens (including phenoxy) is 1. The van der Waals surface area contributed by atoms with Crippen molar-refractivity contribution in [1.82, 2.24) is 20.0 Å². The second kappa shape index (κ2) is 12.0. The third kappa shape index (κ3) is 6.45. The lowest BCUT2D eigenvalue weighted by Crippen LogP contribution is -2.55. The highest BCUT2D eigenvalue weighted by Gasteiger charge is 2.52. The monoisotopic (exact) mass is 595 g/mol. The van der Waals surface area contributed by atoms with E-state index in [0.717, 1.165) is 37.9 Å². The zero-order valence-electron chi connectivity index (χ0n) is 24.6. The van der Waals surface area contributed by atoms with Crippen LogP contribution in [0.15, 0.2) is 29.6 Å². The van der Waals surface area contributed by atoms with Crippen molar-refractivity contribution in [3.05, 3.63) is 45.9 Å². The maximum atomic E-state index is 15.2. The Morgan fingerprint density at radius 3 is 2.55 bits per heavy atom. The van der Waals surface area contributed by atoms with Gasteiger partial charge in [0, 0.05) is 38.6 Å². The summed E-state index contributed by atoms with van der Waals surface area (Å²) in [6.07, 6.45) is 1.85. The Hall–Kier alpha value is -3.49. The number of nitriles is 1. The average molecular weight is 596 g/mol. The summed E-state index contributed by atoms with van der Waals surface area (Å²) in [6, 6.07) is 6.93. The molecule has 42 heavy (non-hydrogen) atoms. The van der Waals surface area contributed by atoms with E-state index in [2.05, 4.69) is 16.3 Å². The summed E-state index contributed by atoms with van der Waals surface area (Å²) >= 11 is 1.35. The van der Waals surface area contributed by atoms with Crippen molar-refractivity contribution in [1.29, 1.82) is 5.26 Å². The number of fused-ring (bicyclic) bond motifs is 2. The van der Waals surface area contributed by atoms with Crippen LogP contribution in [-0.2, 0) is 16.0 Å². The second-order valence-electron chi connectivity index (χ2n) is 12.6. The van der Waals surface area contributed by atoms with E-state index < -0.39 is 35.5 Å². The zero-order valence-corrected chi connectivity index (χ0v) is 25.4. The molecule has 5 rings (SSSR count). The van der Waals surface area contributed by atoms with E-state index in [1.165, 1.54) is 22.3 Å². The van der Waals surface area contributed by atoms with Crippen molar-refractivity contribution in [2.45, 2.75) is 70.2 Å². The number of likely N-dealkylation sites (tertiary alicyclic amines) is 1. The molecule has 1 N–H and O–H groups in total. The number of carbonyl (C=O) groups excluding carboxylic acids is 3. The first-order valence-corrected chi connectivity index (χ1v) is 15.4. The minimum absolute atomic E-state index is 0.00948. The van der Waals surface area contributed by atoms with E-state index in [1.807, 2.05) is 17.3 Å². The van der Waals surface area contributed by atoms with Crippen molar-refractivity contribution in [3.63, 3.8) is 0 Å². The number of nitrogens with one attached hydrogen (secondary N) is 1. The minimum atomic E-state index is -0.966. The van der Waals surface area contributed by atoms with E-state index in [1.54, 1.807) is 39.0 Å². The number of benzene rings is 1. The summed E-state index contributed by atoms with van der Waals surface area (Å²) in [7, 11) is 2.04. The van der Waals surface area contributed by atoms with Gasteiger partial charge in [0.25, 0.3) is 5.91 Å². The Bertz CT molecular complexity index is 1390. The van der Waals surface area contributed by atoms with Gasteiger partial charge in [0.15, 0.2) is 0 Å². The largest absolute Gasteiger partial charge is 0.444 e. The molecule has 9 nitrogen and oxygen atoms in total. The number of piperidine rings is 1. The number of likely N-dealkylation sites (N-methyl/N-ethyl adjacent to an activating group) is 1. The predicted molar refractivity (Wildman–Crippen MR) is 157 cm³/mol. The van der Waals surface area contributed by atoms with Crippen LogP contribution in [0.3, 0.4) is 0 Å². The molecule has 2 aliphatic heterocycles. The van der Waals surface area contributed by atoms with E-state index in [4.69, 9.17) is 4.74 Å². The first kappa shape index (κ1) is 30.0. The highest BCUT2D eigenvalue weighted by Crippen LogP contribution is 2.43. The maximum Gasteiger partial charge on any atom is 0.411 e. The van der Waals surface area contributed by atoms with Crippen LogP contribution in [0, 0.1) is 23.1 Å². The third-order valence-corrected chi connectivity index (χ3v) is 9.26. The Morgan fingerprint density at radius 2 is 1.88 bits per heavy atom. The van der Waals surface area contributed by atoms with Gasteiger partial charge in [-0.25, -0.2) is 9.18 Å². The molecule has 1 aliphatic carbocycles. The number of halogens is 1. The summed E-state index contributed by atoms with van der Waals surface area (Å²) in [5, 5.41) is 14.4. The van der Waals surface area contributed by atoms with Crippen molar-refractivity contribution in [3.8, 4) is 17.2 Å². The molecule has 0 spiro atoms. The van der Waals surface area contributed by atoms with Crippen LogP contribution in [0.4, 0.5) is 9.18 Å². The lowest BCUT2D eigenvalue weighted by atomic mass is 9.97. The number of thiophene rings is 1. The summed E-state index contributed by atoms with van der Waals surface area (Å²) < 4.78 is 20.8. The lowest BCUT2D eigenvalue weighted by Gasteiger charge is -2.35. The smallest absolute Gasteiger partial charge is 0.411 e. The fourth-order valence-electron chi connectivity index (χ4n) is 6.17. The number of hydrogen-bond acceptors (Lipinski definition) is 7. The quantitative estimate of drug-likeness (QED) is 0.535. The number of piperazine rings is 1. The van der Waals surface area contributed by atoms with E-state index in [0.29, 0.717) is 29.1 Å². The molecule has 1 aromatic carbocycles. The minimum Gasteiger partial charge on any atom is -0.444 e. The number of carbonyl (C=O) groups is 3. The van der Waals surface area contributed by atoms with Gasteiger partial charge in [-0.3, -0.25) is 14.5 Å². The van der Waals surface area contributed by atoms with Crippen LogP contribution in [0.25, 0.3) is 11.1 Å². The highest BCUT2D eigenvalue weighted by atomic mass is 32.1.